The zero-order valence-corrected chi connectivity index (χ0v) is 28.0. The van der Waals surface area contributed by atoms with Gasteiger partial charge in [-0.05, 0) is 82.6 Å². The van der Waals surface area contributed by atoms with E-state index < -0.39 is 41.8 Å². The Hall–Kier alpha value is -1.76. The highest BCUT2D eigenvalue weighted by Crippen LogP contribution is 2.44. The highest BCUT2D eigenvalue weighted by molar-refractivity contribution is 9.12. The number of oxime groups is 2. The lowest BCUT2D eigenvalue weighted by atomic mass is 9.87. The molecule has 2 amide bonds. The monoisotopic (exact) mass is 830 g/mol. The van der Waals surface area contributed by atoms with E-state index in [2.05, 4.69) is 84.7 Å². The minimum Gasteiger partial charge on any atom is -0.495 e. The van der Waals surface area contributed by atoms with Crippen LogP contribution in [0.15, 0.2) is 51.4 Å². The number of carbonyl (C=O) groups excluding carboxylic acids is 2. The summed E-state index contributed by atoms with van der Waals surface area (Å²) in [5, 5.41) is 44.6. The van der Waals surface area contributed by atoms with Gasteiger partial charge in [-0.2, -0.15) is 0 Å². The quantitative estimate of drug-likeness (QED) is 0.220. The molecule has 0 aromatic heterocycles. The third-order valence-electron chi connectivity index (χ3n) is 6.69. The summed E-state index contributed by atoms with van der Waals surface area (Å²) < 4.78 is 12.2. The summed E-state index contributed by atoms with van der Waals surface area (Å²) in [6.07, 6.45) is -1.91. The topological polar surface area (TPSA) is 181 Å². The van der Waals surface area contributed by atoms with E-state index in [1.54, 1.807) is 6.08 Å². The molecule has 224 valence electrons. The fourth-order valence-corrected chi connectivity index (χ4v) is 7.94. The van der Waals surface area contributed by atoms with Crippen LogP contribution in [0, 0.1) is 0 Å². The van der Waals surface area contributed by atoms with Crippen LogP contribution in [-0.4, -0.2) is 95.9 Å². The van der Waals surface area contributed by atoms with E-state index in [4.69, 9.17) is 19.1 Å². The fourth-order valence-electron chi connectivity index (χ4n) is 4.49. The lowest BCUT2D eigenvalue weighted by Crippen LogP contribution is -2.45. The normalized spacial score (nSPS) is 27.9. The number of allylic oxidation sites excluding steroid dienone is 2. The molecule has 13 nitrogen and oxygen atoms in total. The molecule has 4 rings (SSSR count). The summed E-state index contributed by atoms with van der Waals surface area (Å²) >= 11 is 13.3. The molecule has 1 unspecified atom stereocenters. The van der Waals surface area contributed by atoms with Gasteiger partial charge >= 0.3 is 0 Å². The van der Waals surface area contributed by atoms with Gasteiger partial charge in [-0.3, -0.25) is 9.59 Å². The van der Waals surface area contributed by atoms with Crippen LogP contribution in [0.3, 0.4) is 0 Å². The summed E-state index contributed by atoms with van der Waals surface area (Å²) in [6, 6.07) is 0. The molecule has 0 bridgehead atoms. The third kappa shape index (κ3) is 6.31. The van der Waals surface area contributed by atoms with Crippen LogP contribution < -0.4 is 10.6 Å². The van der Waals surface area contributed by atoms with E-state index in [1.807, 2.05) is 0 Å². The number of aliphatic hydroxyl groups is 3. The molecule has 0 radical (unpaired) electrons. The number of hydrogen-bond acceptors (Lipinski definition) is 11. The number of rotatable bonds is 10. The number of carbonyl (C=O) groups is 2. The summed E-state index contributed by atoms with van der Waals surface area (Å²) in [4.78, 5) is 36.2. The lowest BCUT2D eigenvalue weighted by molar-refractivity contribution is -0.115. The molecule has 17 heteroatoms. The Morgan fingerprint density at radius 2 is 1.68 bits per heavy atom. The molecule has 2 heterocycles. The number of fused-ring (bicyclic) bond motifs is 1. The van der Waals surface area contributed by atoms with Crippen molar-refractivity contribution in [1.82, 2.24) is 10.6 Å². The average molecular weight is 834 g/mol. The van der Waals surface area contributed by atoms with E-state index in [0.29, 0.717) is 35.0 Å². The second-order valence-electron chi connectivity index (χ2n) is 9.30. The van der Waals surface area contributed by atoms with Crippen molar-refractivity contribution in [3.05, 3.63) is 41.1 Å². The van der Waals surface area contributed by atoms with Crippen LogP contribution in [0.1, 0.15) is 19.3 Å². The maximum atomic E-state index is 12.8. The summed E-state index contributed by atoms with van der Waals surface area (Å²) in [7, 11) is 2.89. The number of amides is 2. The van der Waals surface area contributed by atoms with Crippen molar-refractivity contribution in [2.75, 3.05) is 27.3 Å². The van der Waals surface area contributed by atoms with Crippen LogP contribution in [0.5, 0.6) is 0 Å². The predicted molar refractivity (Wildman–Crippen MR) is 160 cm³/mol. The summed E-state index contributed by atoms with van der Waals surface area (Å²) in [6.45, 7) is 0.260. The lowest BCUT2D eigenvalue weighted by Gasteiger charge is -2.33. The second kappa shape index (κ2) is 13.3. The first-order valence-corrected chi connectivity index (χ1v) is 15.4. The Balaban J connectivity index is 1.21. The highest BCUT2D eigenvalue weighted by Gasteiger charge is 2.50. The van der Waals surface area contributed by atoms with Gasteiger partial charge in [0.2, 0.25) is 0 Å². The maximum Gasteiger partial charge on any atom is 0.273 e. The molecule has 4 aliphatic rings. The zero-order chi connectivity index (χ0) is 30.1. The van der Waals surface area contributed by atoms with Gasteiger partial charge < -0.3 is 45.1 Å². The van der Waals surface area contributed by atoms with E-state index in [9.17, 15) is 24.9 Å². The van der Waals surface area contributed by atoms with Crippen molar-refractivity contribution in [2.45, 2.75) is 49.3 Å². The van der Waals surface area contributed by atoms with Gasteiger partial charge in [-0.15, -0.1) is 0 Å². The molecule has 1 spiro atoms. The van der Waals surface area contributed by atoms with Gasteiger partial charge in [-0.1, -0.05) is 10.3 Å². The van der Waals surface area contributed by atoms with Crippen LogP contribution in [0.4, 0.5) is 0 Å². The Labute approximate surface area is 268 Å². The first kappa shape index (κ1) is 32.2. The summed E-state index contributed by atoms with van der Waals surface area (Å²) in [5.74, 6) is -0.303. The molecular formula is C24H26Br4N4O9. The number of aliphatic hydroxyl groups excluding tert-OH is 3. The van der Waals surface area contributed by atoms with E-state index in [0.717, 1.165) is 0 Å². The first-order valence-electron chi connectivity index (χ1n) is 12.2. The van der Waals surface area contributed by atoms with E-state index >= 15 is 0 Å². The van der Waals surface area contributed by atoms with Crippen molar-refractivity contribution >= 4 is 87.0 Å². The molecule has 0 saturated heterocycles. The second-order valence-corrected chi connectivity index (χ2v) is 12.7. The first-order chi connectivity index (χ1) is 19.5. The van der Waals surface area contributed by atoms with Crippen molar-refractivity contribution in [3.8, 4) is 0 Å². The Morgan fingerprint density at radius 3 is 2.32 bits per heavy atom. The molecule has 5 N–H and O–H groups in total. The van der Waals surface area contributed by atoms with Gasteiger partial charge in [0.25, 0.3) is 11.8 Å². The average Bonchev–Trinajstić information content (AvgIpc) is 3.57. The number of halogens is 4. The Morgan fingerprint density at radius 1 is 1.05 bits per heavy atom. The Bertz CT molecular complexity index is 1310. The third-order valence-corrected chi connectivity index (χ3v) is 9.68. The SMILES string of the molecule is COC1=C(Br)[C@H](O)[C@H]2ON=C(C(=O)NCCC(O)CCNC(=O)C3=NO[C@]4(C=C(Br)C(OC)=C(Br)[C@@H]4O)C3)C2=C1Br. The minimum atomic E-state index is -1.27. The predicted octanol–water partition coefficient (Wildman–Crippen LogP) is 1.81. The smallest absolute Gasteiger partial charge is 0.273 e. The van der Waals surface area contributed by atoms with Crippen LogP contribution in [-0.2, 0) is 28.7 Å². The molecule has 41 heavy (non-hydrogen) atoms. The highest BCUT2D eigenvalue weighted by atomic mass is 79.9. The van der Waals surface area contributed by atoms with Gasteiger partial charge in [0.05, 0.1) is 43.8 Å². The van der Waals surface area contributed by atoms with Gasteiger partial charge in [0.15, 0.2) is 17.4 Å². The van der Waals surface area contributed by atoms with Crippen molar-refractivity contribution in [3.63, 3.8) is 0 Å². The van der Waals surface area contributed by atoms with Crippen LogP contribution in [0.2, 0.25) is 0 Å². The van der Waals surface area contributed by atoms with Gasteiger partial charge in [-0.25, -0.2) is 0 Å². The summed E-state index contributed by atoms with van der Waals surface area (Å²) in [5.41, 5.74) is -0.837. The van der Waals surface area contributed by atoms with Crippen molar-refractivity contribution in [1.29, 1.82) is 0 Å². The number of nitrogens with one attached hydrogen (secondary N) is 2. The number of ether oxygens (including phenoxy) is 2. The zero-order valence-electron chi connectivity index (χ0n) is 21.6. The number of methoxy groups -OCH3 is 2. The van der Waals surface area contributed by atoms with Crippen molar-refractivity contribution in [2.24, 2.45) is 10.3 Å². The van der Waals surface area contributed by atoms with E-state index in [1.165, 1.54) is 14.2 Å². The standard InChI is InChI=1S/C24H26Br4N4O9/c1-38-18-10(25)7-24(21(35)15(18)28)8-11(31-41-24)22(36)29-5-3-9(33)4-6-30-23(37)16-12-13(26)20(39-2)14(27)17(34)19(12)40-32-16/h7,9,17,19,21,33-35H,3-6,8H2,1-2H3,(H,29,36)(H,30,37)/t9?,17-,19-,21-,24+/m0/s1. The molecule has 2 aliphatic heterocycles. The van der Waals surface area contributed by atoms with Gasteiger partial charge in [0, 0.05) is 19.5 Å². The molecule has 0 fully saturated rings. The minimum absolute atomic E-state index is 0.0134. The molecular weight excluding hydrogens is 808 g/mol. The molecule has 2 aliphatic carbocycles. The van der Waals surface area contributed by atoms with Crippen LogP contribution in [0.25, 0.3) is 0 Å². The number of hydrogen-bond donors (Lipinski definition) is 5. The molecule has 0 aromatic rings. The number of nitrogens with zero attached hydrogens (tertiary/aromatic N) is 2. The largest absolute Gasteiger partial charge is 0.495 e. The molecule has 5 atom stereocenters. The fraction of sp³-hybridized carbons (Fsp3) is 0.500. The molecule has 0 aromatic carbocycles. The van der Waals surface area contributed by atoms with Crippen LogP contribution >= 0.6 is 63.7 Å². The Kier molecular flexibility index (Phi) is 10.4. The van der Waals surface area contributed by atoms with E-state index in [-0.39, 0.29) is 43.8 Å². The molecule has 0 saturated carbocycles. The maximum absolute atomic E-state index is 12.8. The van der Waals surface area contributed by atoms with Crippen molar-refractivity contribution < 1.29 is 44.1 Å². The van der Waals surface area contributed by atoms with Gasteiger partial charge in [0.1, 0.15) is 29.4 Å².